The van der Waals surface area contributed by atoms with E-state index in [-0.39, 0.29) is 12.5 Å². The van der Waals surface area contributed by atoms with Crippen molar-refractivity contribution in [1.82, 2.24) is 4.98 Å². The van der Waals surface area contributed by atoms with Crippen LogP contribution in [-0.4, -0.2) is 42.6 Å². The fourth-order valence-electron chi connectivity index (χ4n) is 3.08. The summed E-state index contributed by atoms with van der Waals surface area (Å²) in [7, 11) is 0.881. The van der Waals surface area contributed by atoms with Gasteiger partial charge in [-0.05, 0) is 48.6 Å². The Hall–Kier alpha value is -2.09. The Morgan fingerprint density at radius 3 is 2.77 bits per heavy atom. The second kappa shape index (κ2) is 8.53. The van der Waals surface area contributed by atoms with Crippen molar-refractivity contribution in [2.24, 2.45) is 0 Å². The summed E-state index contributed by atoms with van der Waals surface area (Å²) in [4.78, 5) is 4.54. The number of pyridine rings is 1. The van der Waals surface area contributed by atoms with Gasteiger partial charge in [0.25, 0.3) is 0 Å². The summed E-state index contributed by atoms with van der Waals surface area (Å²) >= 11 is 0. The summed E-state index contributed by atoms with van der Waals surface area (Å²) < 4.78 is 16.4. The first kappa shape index (κ1) is 18.7. The molecule has 1 aromatic heterocycles. The van der Waals surface area contributed by atoms with Crippen molar-refractivity contribution >= 4 is 7.12 Å². The predicted molar refractivity (Wildman–Crippen MR) is 99.4 cm³/mol. The second-order valence-electron chi connectivity index (χ2n) is 6.37. The van der Waals surface area contributed by atoms with E-state index in [1.807, 2.05) is 37.3 Å². The Morgan fingerprint density at radius 2 is 2.12 bits per heavy atom. The molecule has 1 aliphatic heterocycles. The van der Waals surface area contributed by atoms with Crippen LogP contribution in [0.25, 0.3) is 11.3 Å². The number of aliphatic hydroxyl groups is 1. The molecule has 2 heterocycles. The summed E-state index contributed by atoms with van der Waals surface area (Å²) in [5, 5.41) is 19.2. The number of ether oxygens (including phenoxy) is 2. The number of hydrogen-bond acceptors (Lipinski definition) is 6. The van der Waals surface area contributed by atoms with Gasteiger partial charge in [-0.2, -0.15) is 0 Å². The molecule has 0 radical (unpaired) electrons. The third-order valence-electron chi connectivity index (χ3n) is 4.43. The zero-order valence-electron chi connectivity index (χ0n) is 15.1. The fraction of sp³-hybridized carbons (Fsp3) is 0.421. The SMILES string of the molecule is CCCOc1cc(-c2cc([C@@H]3COB(O)C3)cc(CO)n2)ccc1OC. The molecule has 1 aromatic carbocycles. The molecule has 3 rings (SSSR count). The third-order valence-corrected chi connectivity index (χ3v) is 4.43. The zero-order valence-corrected chi connectivity index (χ0v) is 15.1. The molecule has 0 aliphatic carbocycles. The van der Waals surface area contributed by atoms with Crippen LogP contribution >= 0.6 is 0 Å². The number of aromatic nitrogens is 1. The first-order valence-corrected chi connectivity index (χ1v) is 8.87. The van der Waals surface area contributed by atoms with Crippen molar-refractivity contribution < 1.29 is 24.3 Å². The molecule has 26 heavy (non-hydrogen) atoms. The Bertz CT molecular complexity index is 755. The second-order valence-corrected chi connectivity index (χ2v) is 6.37. The van der Waals surface area contributed by atoms with Crippen molar-refractivity contribution in [3.05, 3.63) is 41.6 Å². The van der Waals surface area contributed by atoms with E-state index in [1.165, 1.54) is 0 Å². The van der Waals surface area contributed by atoms with Crippen molar-refractivity contribution in [1.29, 1.82) is 0 Å². The summed E-state index contributed by atoms with van der Waals surface area (Å²) in [6.07, 6.45) is 1.45. The monoisotopic (exact) mass is 357 g/mol. The van der Waals surface area contributed by atoms with E-state index >= 15 is 0 Å². The lowest BCUT2D eigenvalue weighted by Crippen LogP contribution is -2.08. The summed E-state index contributed by atoms with van der Waals surface area (Å²) in [6.45, 7) is 2.97. The lowest BCUT2D eigenvalue weighted by Gasteiger charge is -2.14. The Kier molecular flexibility index (Phi) is 6.14. The number of hydrogen-bond donors (Lipinski definition) is 2. The van der Waals surface area contributed by atoms with Crippen LogP contribution in [0, 0.1) is 0 Å². The molecule has 0 amide bonds. The first-order valence-electron chi connectivity index (χ1n) is 8.87. The highest BCUT2D eigenvalue weighted by molar-refractivity contribution is 6.43. The fourth-order valence-corrected chi connectivity index (χ4v) is 3.08. The van der Waals surface area contributed by atoms with Gasteiger partial charge in [0, 0.05) is 18.1 Å². The van der Waals surface area contributed by atoms with E-state index in [4.69, 9.17) is 14.1 Å². The van der Waals surface area contributed by atoms with Gasteiger partial charge in [-0.15, -0.1) is 0 Å². The van der Waals surface area contributed by atoms with Crippen molar-refractivity contribution in [3.63, 3.8) is 0 Å². The van der Waals surface area contributed by atoms with Crippen LogP contribution < -0.4 is 9.47 Å². The van der Waals surface area contributed by atoms with E-state index in [0.29, 0.717) is 36.7 Å². The van der Waals surface area contributed by atoms with Crippen LogP contribution in [0.1, 0.15) is 30.5 Å². The van der Waals surface area contributed by atoms with Crippen LogP contribution in [-0.2, 0) is 11.3 Å². The largest absolute Gasteiger partial charge is 0.493 e. The van der Waals surface area contributed by atoms with Crippen LogP contribution in [0.4, 0.5) is 0 Å². The van der Waals surface area contributed by atoms with Gasteiger partial charge in [-0.1, -0.05) is 6.92 Å². The molecular weight excluding hydrogens is 333 g/mol. The number of aliphatic hydroxyl groups excluding tert-OH is 1. The lowest BCUT2D eigenvalue weighted by atomic mass is 9.79. The van der Waals surface area contributed by atoms with Gasteiger partial charge in [0.05, 0.1) is 31.7 Å². The van der Waals surface area contributed by atoms with Gasteiger partial charge in [0.15, 0.2) is 11.5 Å². The van der Waals surface area contributed by atoms with Crippen molar-refractivity contribution in [3.8, 4) is 22.8 Å². The third kappa shape index (κ3) is 4.18. The number of methoxy groups -OCH3 is 1. The van der Waals surface area contributed by atoms with Gasteiger partial charge in [0.1, 0.15) is 0 Å². The predicted octanol–water partition coefficient (Wildman–Crippen LogP) is 2.63. The van der Waals surface area contributed by atoms with Crippen LogP contribution in [0.3, 0.4) is 0 Å². The molecule has 1 atom stereocenters. The summed E-state index contributed by atoms with van der Waals surface area (Å²) in [5.41, 5.74) is 3.22. The topological polar surface area (TPSA) is 81.0 Å². The van der Waals surface area contributed by atoms with Crippen molar-refractivity contribution in [2.45, 2.75) is 32.2 Å². The number of rotatable bonds is 7. The minimum Gasteiger partial charge on any atom is -0.493 e. The van der Waals surface area contributed by atoms with E-state index < -0.39 is 7.12 Å². The molecule has 6 nitrogen and oxygen atoms in total. The minimum atomic E-state index is -0.732. The lowest BCUT2D eigenvalue weighted by molar-refractivity contribution is 0.276. The highest BCUT2D eigenvalue weighted by atomic mass is 16.5. The maximum atomic E-state index is 9.63. The van der Waals surface area contributed by atoms with E-state index in [1.54, 1.807) is 7.11 Å². The van der Waals surface area contributed by atoms with Gasteiger partial charge in [-0.3, -0.25) is 4.98 Å². The molecule has 138 valence electrons. The molecule has 1 aliphatic rings. The standard InChI is InChI=1S/C19H24BNO5/c1-3-6-25-19-9-13(4-5-18(19)24-2)17-8-14(7-16(11-22)21-17)15-10-20(23)26-12-15/h4-5,7-9,15,22-23H,3,6,10-12H2,1-2H3/t15-/m0/s1. The van der Waals surface area contributed by atoms with Gasteiger partial charge >= 0.3 is 7.12 Å². The number of nitrogens with zero attached hydrogens (tertiary/aromatic N) is 1. The quantitative estimate of drug-likeness (QED) is 0.742. The maximum Gasteiger partial charge on any atom is 0.454 e. The van der Waals surface area contributed by atoms with Gasteiger partial charge < -0.3 is 24.3 Å². The van der Waals surface area contributed by atoms with Crippen LogP contribution in [0.2, 0.25) is 6.32 Å². The van der Waals surface area contributed by atoms with Crippen molar-refractivity contribution in [2.75, 3.05) is 20.3 Å². The molecule has 0 saturated carbocycles. The summed E-state index contributed by atoms with van der Waals surface area (Å²) in [6, 6.07) is 9.53. The van der Waals surface area contributed by atoms with E-state index in [2.05, 4.69) is 4.98 Å². The van der Waals surface area contributed by atoms with Gasteiger partial charge in [0.2, 0.25) is 0 Å². The van der Waals surface area contributed by atoms with E-state index in [9.17, 15) is 10.1 Å². The zero-order chi connectivity index (χ0) is 18.5. The molecule has 1 fully saturated rings. The molecule has 1 saturated heterocycles. The molecule has 0 unspecified atom stereocenters. The highest BCUT2D eigenvalue weighted by Gasteiger charge is 2.30. The number of benzene rings is 1. The smallest absolute Gasteiger partial charge is 0.454 e. The molecule has 7 heteroatoms. The Morgan fingerprint density at radius 1 is 1.27 bits per heavy atom. The summed E-state index contributed by atoms with van der Waals surface area (Å²) in [5.74, 6) is 1.43. The Balaban J connectivity index is 1.97. The average molecular weight is 357 g/mol. The first-order chi connectivity index (χ1) is 12.6. The highest BCUT2D eigenvalue weighted by Crippen LogP contribution is 2.35. The van der Waals surface area contributed by atoms with Crippen LogP contribution in [0.15, 0.2) is 30.3 Å². The molecule has 0 bridgehead atoms. The average Bonchev–Trinajstić information content (AvgIpc) is 3.12. The molecule has 2 N–H and O–H groups in total. The minimum absolute atomic E-state index is 0.0890. The van der Waals surface area contributed by atoms with Gasteiger partial charge in [-0.25, -0.2) is 0 Å². The normalized spacial score (nSPS) is 16.8. The molecule has 2 aromatic rings. The Labute approximate surface area is 153 Å². The molecular formula is C19H24BNO5. The van der Waals surface area contributed by atoms with Crippen LogP contribution in [0.5, 0.6) is 11.5 Å². The van der Waals surface area contributed by atoms with E-state index in [0.717, 1.165) is 23.2 Å². The maximum absolute atomic E-state index is 9.63. The molecule has 0 spiro atoms.